The van der Waals surface area contributed by atoms with Crippen molar-refractivity contribution in [3.63, 3.8) is 0 Å². The largest absolute Gasteiger partial charge is 0.385 e. The molecular formula is C15H19FN2O3. The summed E-state index contributed by atoms with van der Waals surface area (Å²) < 4.78 is 18.4. The standard InChI is InChI=1S/C15H19FN2O3/c1-21-10-4-9-17-13(19)15(7-8-15)14(20)18-12-6-3-2-5-11(12)16/h2-3,5-6H,4,7-10H2,1H3,(H,17,19)(H,18,20). The van der Waals surface area contributed by atoms with Crippen LogP contribution in [-0.4, -0.2) is 32.1 Å². The van der Waals surface area contributed by atoms with E-state index in [1.807, 2.05) is 0 Å². The second kappa shape index (κ2) is 6.67. The molecule has 0 heterocycles. The summed E-state index contributed by atoms with van der Waals surface area (Å²) in [6.07, 6.45) is 1.67. The summed E-state index contributed by atoms with van der Waals surface area (Å²) in [4.78, 5) is 24.3. The Labute approximate surface area is 122 Å². The number of ether oxygens (including phenoxy) is 1. The Morgan fingerprint density at radius 1 is 1.29 bits per heavy atom. The van der Waals surface area contributed by atoms with Crippen LogP contribution in [0.5, 0.6) is 0 Å². The second-order valence-corrected chi connectivity index (χ2v) is 5.12. The summed E-state index contributed by atoms with van der Waals surface area (Å²) in [5, 5.41) is 5.22. The number of hydrogen-bond acceptors (Lipinski definition) is 3. The normalized spacial score (nSPS) is 15.3. The van der Waals surface area contributed by atoms with E-state index in [-0.39, 0.29) is 11.6 Å². The quantitative estimate of drug-likeness (QED) is 0.594. The molecule has 2 N–H and O–H groups in total. The van der Waals surface area contributed by atoms with E-state index in [9.17, 15) is 14.0 Å². The van der Waals surface area contributed by atoms with E-state index >= 15 is 0 Å². The fourth-order valence-corrected chi connectivity index (χ4v) is 2.07. The van der Waals surface area contributed by atoms with Gasteiger partial charge in [0, 0.05) is 20.3 Å². The Hall–Kier alpha value is -1.95. The number of carbonyl (C=O) groups is 2. The SMILES string of the molecule is COCCCNC(=O)C1(C(=O)Nc2ccccc2F)CC1. The Morgan fingerprint density at radius 2 is 2.00 bits per heavy atom. The molecular weight excluding hydrogens is 275 g/mol. The summed E-state index contributed by atoms with van der Waals surface area (Å²) in [6, 6.07) is 5.91. The van der Waals surface area contributed by atoms with Crippen molar-refractivity contribution in [3.05, 3.63) is 30.1 Å². The third kappa shape index (κ3) is 3.58. The van der Waals surface area contributed by atoms with Gasteiger partial charge in [0.1, 0.15) is 11.2 Å². The van der Waals surface area contributed by atoms with Crippen LogP contribution in [-0.2, 0) is 14.3 Å². The third-order valence-corrected chi connectivity index (χ3v) is 3.55. The molecule has 0 radical (unpaired) electrons. The molecule has 0 bridgehead atoms. The molecule has 1 aliphatic carbocycles. The van der Waals surface area contributed by atoms with E-state index in [1.165, 1.54) is 12.1 Å². The maximum Gasteiger partial charge on any atom is 0.240 e. The van der Waals surface area contributed by atoms with Gasteiger partial charge in [0.25, 0.3) is 0 Å². The fourth-order valence-electron chi connectivity index (χ4n) is 2.07. The van der Waals surface area contributed by atoms with Crippen molar-refractivity contribution >= 4 is 17.5 Å². The van der Waals surface area contributed by atoms with E-state index in [0.717, 1.165) is 0 Å². The molecule has 21 heavy (non-hydrogen) atoms. The van der Waals surface area contributed by atoms with Gasteiger partial charge in [-0.05, 0) is 31.4 Å². The predicted molar refractivity (Wildman–Crippen MR) is 76.2 cm³/mol. The van der Waals surface area contributed by atoms with E-state index in [2.05, 4.69) is 10.6 Å². The molecule has 0 saturated heterocycles. The van der Waals surface area contributed by atoms with Crippen molar-refractivity contribution in [3.8, 4) is 0 Å². The molecule has 2 rings (SSSR count). The molecule has 6 heteroatoms. The maximum atomic E-state index is 13.5. The van der Waals surface area contributed by atoms with Gasteiger partial charge in [0.15, 0.2) is 0 Å². The van der Waals surface area contributed by atoms with Crippen molar-refractivity contribution in [1.82, 2.24) is 5.32 Å². The first-order valence-electron chi connectivity index (χ1n) is 6.93. The third-order valence-electron chi connectivity index (χ3n) is 3.55. The highest BCUT2D eigenvalue weighted by Gasteiger charge is 2.56. The first-order chi connectivity index (χ1) is 10.1. The smallest absolute Gasteiger partial charge is 0.240 e. The maximum absolute atomic E-state index is 13.5. The molecule has 114 valence electrons. The average Bonchev–Trinajstić information content (AvgIpc) is 3.27. The van der Waals surface area contributed by atoms with Crippen molar-refractivity contribution in [2.24, 2.45) is 5.41 Å². The van der Waals surface area contributed by atoms with Gasteiger partial charge in [-0.1, -0.05) is 12.1 Å². The van der Waals surface area contributed by atoms with Crippen LogP contribution in [0.2, 0.25) is 0 Å². The lowest BCUT2D eigenvalue weighted by molar-refractivity contribution is -0.134. The zero-order chi connectivity index (χ0) is 15.3. The van der Waals surface area contributed by atoms with Gasteiger partial charge < -0.3 is 15.4 Å². The first kappa shape index (κ1) is 15.4. The molecule has 1 saturated carbocycles. The molecule has 1 aromatic carbocycles. The number of carbonyl (C=O) groups excluding carboxylic acids is 2. The minimum Gasteiger partial charge on any atom is -0.385 e. The molecule has 5 nitrogen and oxygen atoms in total. The van der Waals surface area contributed by atoms with E-state index in [4.69, 9.17) is 4.74 Å². The van der Waals surface area contributed by atoms with Crippen LogP contribution in [0.4, 0.5) is 10.1 Å². The summed E-state index contributed by atoms with van der Waals surface area (Å²) in [5.74, 6) is -1.26. The van der Waals surface area contributed by atoms with Gasteiger partial charge in [-0.3, -0.25) is 9.59 Å². The number of halogens is 1. The van der Waals surface area contributed by atoms with Crippen LogP contribution < -0.4 is 10.6 Å². The van der Waals surface area contributed by atoms with Gasteiger partial charge in [-0.15, -0.1) is 0 Å². The summed E-state index contributed by atoms with van der Waals surface area (Å²) in [5.41, 5.74) is -0.948. The molecule has 2 amide bonds. The number of rotatable bonds is 7. The molecule has 0 unspecified atom stereocenters. The predicted octanol–water partition coefficient (Wildman–Crippen LogP) is 1.70. The lowest BCUT2D eigenvalue weighted by atomic mass is 10.0. The number of para-hydroxylation sites is 1. The topological polar surface area (TPSA) is 67.4 Å². The number of nitrogens with one attached hydrogen (secondary N) is 2. The highest BCUT2D eigenvalue weighted by Crippen LogP contribution is 2.46. The van der Waals surface area contributed by atoms with Gasteiger partial charge >= 0.3 is 0 Å². The van der Waals surface area contributed by atoms with Crippen molar-refractivity contribution in [2.45, 2.75) is 19.3 Å². The number of methoxy groups -OCH3 is 1. The molecule has 0 aromatic heterocycles. The molecule has 1 aromatic rings. The molecule has 1 fully saturated rings. The summed E-state index contributed by atoms with van der Waals surface area (Å²) in [7, 11) is 1.59. The zero-order valence-corrected chi connectivity index (χ0v) is 11.9. The van der Waals surface area contributed by atoms with Gasteiger partial charge in [-0.25, -0.2) is 4.39 Å². The van der Waals surface area contributed by atoms with E-state index < -0.39 is 17.1 Å². The lowest BCUT2D eigenvalue weighted by Crippen LogP contribution is -2.40. The van der Waals surface area contributed by atoms with Crippen molar-refractivity contribution in [2.75, 3.05) is 25.6 Å². The van der Waals surface area contributed by atoms with Crippen LogP contribution >= 0.6 is 0 Å². The number of benzene rings is 1. The van der Waals surface area contributed by atoms with Gasteiger partial charge in [0.05, 0.1) is 5.69 Å². The monoisotopic (exact) mass is 294 g/mol. The highest BCUT2D eigenvalue weighted by atomic mass is 19.1. The minimum atomic E-state index is -1.05. The summed E-state index contributed by atoms with van der Waals surface area (Å²) >= 11 is 0. The Morgan fingerprint density at radius 3 is 2.62 bits per heavy atom. The summed E-state index contributed by atoms with van der Waals surface area (Å²) in [6.45, 7) is 1.01. The van der Waals surface area contributed by atoms with E-state index in [1.54, 1.807) is 19.2 Å². The average molecular weight is 294 g/mol. The molecule has 1 aliphatic rings. The molecule has 0 atom stereocenters. The van der Waals surface area contributed by atoms with Crippen molar-refractivity contribution in [1.29, 1.82) is 0 Å². The van der Waals surface area contributed by atoms with Crippen LogP contribution in [0.3, 0.4) is 0 Å². The Balaban J connectivity index is 1.92. The fraction of sp³-hybridized carbons (Fsp3) is 0.467. The Kier molecular flexibility index (Phi) is 4.90. The van der Waals surface area contributed by atoms with Crippen LogP contribution in [0.1, 0.15) is 19.3 Å². The first-order valence-corrected chi connectivity index (χ1v) is 6.93. The van der Waals surface area contributed by atoms with Crippen LogP contribution in [0, 0.1) is 11.2 Å². The Bertz CT molecular complexity index is 529. The second-order valence-electron chi connectivity index (χ2n) is 5.12. The van der Waals surface area contributed by atoms with Gasteiger partial charge in [0.2, 0.25) is 11.8 Å². The number of amides is 2. The van der Waals surface area contributed by atoms with Gasteiger partial charge in [-0.2, -0.15) is 0 Å². The van der Waals surface area contributed by atoms with Crippen molar-refractivity contribution < 1.29 is 18.7 Å². The number of anilines is 1. The minimum absolute atomic E-state index is 0.0981. The molecule has 0 aliphatic heterocycles. The van der Waals surface area contributed by atoms with Crippen LogP contribution in [0.25, 0.3) is 0 Å². The van der Waals surface area contributed by atoms with E-state index in [0.29, 0.717) is 32.4 Å². The lowest BCUT2D eigenvalue weighted by Gasteiger charge is -2.15. The molecule has 0 spiro atoms. The number of hydrogen-bond donors (Lipinski definition) is 2. The highest BCUT2D eigenvalue weighted by molar-refractivity contribution is 6.13. The van der Waals surface area contributed by atoms with Crippen LogP contribution in [0.15, 0.2) is 24.3 Å². The zero-order valence-electron chi connectivity index (χ0n) is 11.9.